The lowest BCUT2D eigenvalue weighted by molar-refractivity contribution is -0.142. The van der Waals surface area contributed by atoms with Crippen molar-refractivity contribution in [2.24, 2.45) is 0 Å². The van der Waals surface area contributed by atoms with Gasteiger partial charge in [0.05, 0.1) is 20.1 Å². The molecule has 0 saturated heterocycles. The Labute approximate surface area is 102 Å². The zero-order chi connectivity index (χ0) is 13.1. The number of esters is 1. The molecule has 0 aromatic carbocycles. The number of hydrogen-bond donors (Lipinski definition) is 0. The van der Waals surface area contributed by atoms with Crippen molar-refractivity contribution in [3.05, 3.63) is 0 Å². The van der Waals surface area contributed by atoms with Crippen molar-refractivity contribution in [1.29, 1.82) is 0 Å². The number of ether oxygens (including phenoxy) is 3. The van der Waals surface area contributed by atoms with Crippen LogP contribution in [0.15, 0.2) is 0 Å². The average molecular weight is 247 g/mol. The number of amides is 1. The van der Waals surface area contributed by atoms with Gasteiger partial charge in [-0.1, -0.05) is 0 Å². The van der Waals surface area contributed by atoms with Crippen molar-refractivity contribution in [3.8, 4) is 0 Å². The van der Waals surface area contributed by atoms with Crippen LogP contribution in [0, 0.1) is 0 Å². The van der Waals surface area contributed by atoms with E-state index in [0.29, 0.717) is 26.3 Å². The summed E-state index contributed by atoms with van der Waals surface area (Å²) in [6, 6.07) is 0. The molecule has 0 saturated carbocycles. The Kier molecular flexibility index (Phi) is 9.37. The molecule has 0 aliphatic heterocycles. The van der Waals surface area contributed by atoms with Crippen molar-refractivity contribution in [2.45, 2.75) is 13.3 Å². The lowest BCUT2D eigenvalue weighted by Crippen LogP contribution is -2.38. The molecule has 0 unspecified atom stereocenters. The van der Waals surface area contributed by atoms with Gasteiger partial charge in [-0.25, -0.2) is 0 Å². The van der Waals surface area contributed by atoms with Crippen molar-refractivity contribution in [2.75, 3.05) is 47.1 Å². The maximum absolute atomic E-state index is 11.7. The van der Waals surface area contributed by atoms with Gasteiger partial charge < -0.3 is 19.1 Å². The van der Waals surface area contributed by atoms with Crippen LogP contribution in [-0.2, 0) is 23.8 Å². The summed E-state index contributed by atoms with van der Waals surface area (Å²) in [6.45, 7) is 3.53. The monoisotopic (exact) mass is 247 g/mol. The quantitative estimate of drug-likeness (QED) is 0.539. The summed E-state index contributed by atoms with van der Waals surface area (Å²) in [4.78, 5) is 24.2. The molecule has 0 heterocycles. The van der Waals surface area contributed by atoms with Crippen LogP contribution in [0.25, 0.3) is 0 Å². The third-order valence-corrected chi connectivity index (χ3v) is 2.16. The first-order valence-corrected chi connectivity index (χ1v) is 5.57. The number of methoxy groups -OCH3 is 2. The maximum Gasteiger partial charge on any atom is 0.307 e. The smallest absolute Gasteiger partial charge is 0.307 e. The minimum absolute atomic E-state index is 0.0292. The van der Waals surface area contributed by atoms with Gasteiger partial charge in [0.2, 0.25) is 5.91 Å². The maximum atomic E-state index is 11.7. The van der Waals surface area contributed by atoms with Crippen LogP contribution < -0.4 is 0 Å². The van der Waals surface area contributed by atoms with Gasteiger partial charge in [0.25, 0.3) is 0 Å². The average Bonchev–Trinajstić information content (AvgIpc) is 2.35. The van der Waals surface area contributed by atoms with Crippen LogP contribution in [0.1, 0.15) is 13.3 Å². The SMILES string of the molecule is CCOCC(=O)N(CCOC)CCC(=O)OC. The molecule has 0 N–H and O–H groups in total. The third-order valence-electron chi connectivity index (χ3n) is 2.16. The number of carbonyl (C=O) groups excluding carboxylic acids is 2. The third kappa shape index (κ3) is 7.70. The van der Waals surface area contributed by atoms with Gasteiger partial charge >= 0.3 is 5.97 Å². The number of carbonyl (C=O) groups is 2. The fraction of sp³-hybridized carbons (Fsp3) is 0.818. The number of nitrogens with zero attached hydrogens (tertiary/aromatic N) is 1. The second-order valence-corrected chi connectivity index (χ2v) is 3.34. The molecular weight excluding hydrogens is 226 g/mol. The van der Waals surface area contributed by atoms with E-state index in [2.05, 4.69) is 4.74 Å². The second kappa shape index (κ2) is 10.0. The van der Waals surface area contributed by atoms with E-state index in [9.17, 15) is 9.59 Å². The Morgan fingerprint density at radius 1 is 1.18 bits per heavy atom. The molecule has 0 fully saturated rings. The van der Waals surface area contributed by atoms with Crippen LogP contribution >= 0.6 is 0 Å². The topological polar surface area (TPSA) is 65.1 Å². The fourth-order valence-electron chi connectivity index (χ4n) is 1.17. The zero-order valence-electron chi connectivity index (χ0n) is 10.7. The molecule has 0 radical (unpaired) electrons. The molecule has 0 atom stereocenters. The Morgan fingerprint density at radius 3 is 2.41 bits per heavy atom. The van der Waals surface area contributed by atoms with Crippen LogP contribution in [0.4, 0.5) is 0 Å². The van der Waals surface area contributed by atoms with E-state index in [1.807, 2.05) is 6.92 Å². The molecule has 0 bridgehead atoms. The van der Waals surface area contributed by atoms with Gasteiger partial charge in [-0.2, -0.15) is 0 Å². The minimum Gasteiger partial charge on any atom is -0.469 e. The van der Waals surface area contributed by atoms with Crippen LogP contribution in [-0.4, -0.2) is 63.9 Å². The van der Waals surface area contributed by atoms with Gasteiger partial charge in [0.15, 0.2) is 0 Å². The molecule has 0 aliphatic rings. The molecule has 6 heteroatoms. The standard InChI is InChI=1S/C11H21NO5/c1-4-17-9-10(13)12(7-8-15-2)6-5-11(14)16-3/h4-9H2,1-3H3. The zero-order valence-corrected chi connectivity index (χ0v) is 10.7. The molecule has 0 spiro atoms. The molecule has 0 rings (SSSR count). The van der Waals surface area contributed by atoms with E-state index in [1.54, 1.807) is 7.11 Å². The van der Waals surface area contributed by atoms with Crippen molar-refractivity contribution in [1.82, 2.24) is 4.90 Å². The van der Waals surface area contributed by atoms with Crippen molar-refractivity contribution < 1.29 is 23.8 Å². The Hall–Kier alpha value is -1.14. The highest BCUT2D eigenvalue weighted by Gasteiger charge is 2.14. The molecule has 100 valence electrons. The lowest BCUT2D eigenvalue weighted by Gasteiger charge is -2.21. The molecule has 6 nitrogen and oxygen atoms in total. The summed E-state index contributed by atoms with van der Waals surface area (Å²) in [6.07, 6.45) is 0.179. The van der Waals surface area contributed by atoms with E-state index < -0.39 is 0 Å². The molecule has 1 amide bonds. The van der Waals surface area contributed by atoms with E-state index in [-0.39, 0.29) is 24.9 Å². The molecular formula is C11H21NO5. The number of hydrogen-bond acceptors (Lipinski definition) is 5. The summed E-state index contributed by atoms with van der Waals surface area (Å²) >= 11 is 0. The van der Waals surface area contributed by atoms with Gasteiger partial charge in [-0.05, 0) is 6.92 Å². The Morgan fingerprint density at radius 2 is 1.88 bits per heavy atom. The van der Waals surface area contributed by atoms with E-state index >= 15 is 0 Å². The first-order chi connectivity index (χ1) is 8.15. The highest BCUT2D eigenvalue weighted by atomic mass is 16.5. The lowest BCUT2D eigenvalue weighted by atomic mass is 10.3. The van der Waals surface area contributed by atoms with Crippen molar-refractivity contribution >= 4 is 11.9 Å². The van der Waals surface area contributed by atoms with Gasteiger partial charge in [0, 0.05) is 26.8 Å². The summed E-state index contributed by atoms with van der Waals surface area (Å²) in [5.41, 5.74) is 0. The largest absolute Gasteiger partial charge is 0.469 e. The summed E-state index contributed by atoms with van der Waals surface area (Å²) in [5, 5.41) is 0. The van der Waals surface area contributed by atoms with Gasteiger partial charge in [-0.3, -0.25) is 9.59 Å². The summed E-state index contributed by atoms with van der Waals surface area (Å²) < 4.78 is 14.5. The van der Waals surface area contributed by atoms with Crippen LogP contribution in [0.3, 0.4) is 0 Å². The molecule has 0 aromatic heterocycles. The second-order valence-electron chi connectivity index (χ2n) is 3.34. The van der Waals surface area contributed by atoms with Gasteiger partial charge in [-0.15, -0.1) is 0 Å². The predicted octanol–water partition coefficient (Wildman–Crippen LogP) is 0.0610. The molecule has 0 aliphatic carbocycles. The van der Waals surface area contributed by atoms with E-state index in [1.165, 1.54) is 12.0 Å². The highest BCUT2D eigenvalue weighted by Crippen LogP contribution is 1.96. The Balaban J connectivity index is 4.11. The highest BCUT2D eigenvalue weighted by molar-refractivity contribution is 5.78. The summed E-state index contributed by atoms with van der Waals surface area (Å²) in [7, 11) is 2.88. The first-order valence-electron chi connectivity index (χ1n) is 5.57. The van der Waals surface area contributed by atoms with Gasteiger partial charge in [0.1, 0.15) is 6.61 Å². The van der Waals surface area contributed by atoms with Crippen LogP contribution in [0.5, 0.6) is 0 Å². The predicted molar refractivity (Wildman–Crippen MR) is 61.6 cm³/mol. The molecule has 0 aromatic rings. The van der Waals surface area contributed by atoms with E-state index in [4.69, 9.17) is 9.47 Å². The summed E-state index contributed by atoms with van der Waals surface area (Å²) in [5.74, 6) is -0.482. The fourth-order valence-corrected chi connectivity index (χ4v) is 1.17. The number of rotatable bonds is 9. The van der Waals surface area contributed by atoms with E-state index in [0.717, 1.165) is 0 Å². The normalized spacial score (nSPS) is 10.1. The Bertz CT molecular complexity index is 232. The van der Waals surface area contributed by atoms with Crippen LogP contribution in [0.2, 0.25) is 0 Å². The molecule has 17 heavy (non-hydrogen) atoms. The van der Waals surface area contributed by atoms with Crippen molar-refractivity contribution in [3.63, 3.8) is 0 Å². The minimum atomic E-state index is -0.336. The first kappa shape index (κ1) is 15.9.